The van der Waals surface area contributed by atoms with Crippen LogP contribution >= 0.6 is 0 Å². The van der Waals surface area contributed by atoms with E-state index in [0.29, 0.717) is 0 Å². The van der Waals surface area contributed by atoms with E-state index >= 15 is 0 Å². The smallest absolute Gasteiger partial charge is 0.179 e. The molecule has 1 N–H and O–H groups in total. The summed E-state index contributed by atoms with van der Waals surface area (Å²) in [7, 11) is -2.61. The Labute approximate surface area is 299 Å². The van der Waals surface area contributed by atoms with Gasteiger partial charge in [-0.25, -0.2) is 0 Å². The van der Waals surface area contributed by atoms with Crippen LogP contribution in [0.1, 0.15) is 0 Å². The Hall–Kier alpha value is -6.42. The average Bonchev–Trinajstić information content (AvgIpc) is 3.56. The first-order valence-corrected chi connectivity index (χ1v) is 19.5. The van der Waals surface area contributed by atoms with E-state index in [9.17, 15) is 0 Å². The van der Waals surface area contributed by atoms with Crippen LogP contribution in [0.2, 0.25) is 0 Å². The van der Waals surface area contributed by atoms with Crippen LogP contribution in [0.25, 0.3) is 38.6 Å². The molecule has 0 bridgehead atoms. The zero-order valence-electron chi connectivity index (χ0n) is 28.2. The molecule has 0 fully saturated rings. The van der Waals surface area contributed by atoms with Gasteiger partial charge in [-0.2, -0.15) is 0 Å². The second-order valence-electron chi connectivity index (χ2n) is 13.0. The van der Waals surface area contributed by atoms with Gasteiger partial charge in [0, 0.05) is 27.8 Å². The maximum atomic E-state index is 3.78. The quantitative estimate of drug-likeness (QED) is 0.126. The molecule has 3 heteroatoms. The lowest BCUT2D eigenvalue weighted by Crippen LogP contribution is -2.74. The second-order valence-corrected chi connectivity index (χ2v) is 16.8. The zero-order chi connectivity index (χ0) is 34.0. The molecule has 0 radical (unpaired) electrons. The molecule has 0 spiro atoms. The van der Waals surface area contributed by atoms with E-state index < -0.39 is 8.07 Å². The summed E-state index contributed by atoms with van der Waals surface area (Å²) < 4.78 is 2.36. The molecule has 0 amide bonds. The molecule has 0 aliphatic heterocycles. The van der Waals surface area contributed by atoms with Crippen molar-refractivity contribution in [2.45, 2.75) is 0 Å². The van der Waals surface area contributed by atoms with Gasteiger partial charge >= 0.3 is 0 Å². The third-order valence-electron chi connectivity index (χ3n) is 10.1. The Kier molecular flexibility index (Phi) is 7.88. The topological polar surface area (TPSA) is 17.0 Å². The molecule has 8 aromatic carbocycles. The summed E-state index contributed by atoms with van der Waals surface area (Å²) in [4.78, 5) is 0. The van der Waals surface area contributed by atoms with Gasteiger partial charge < -0.3 is 9.88 Å². The first-order chi connectivity index (χ1) is 25.3. The molecule has 0 aliphatic rings. The van der Waals surface area contributed by atoms with Gasteiger partial charge in [-0.3, -0.25) is 0 Å². The van der Waals surface area contributed by atoms with Crippen molar-refractivity contribution in [1.29, 1.82) is 0 Å². The van der Waals surface area contributed by atoms with Gasteiger partial charge in [0.05, 0.1) is 11.0 Å². The van der Waals surface area contributed by atoms with Crippen LogP contribution in [-0.4, -0.2) is 12.6 Å². The highest BCUT2D eigenvalue weighted by atomic mass is 28.3. The second kappa shape index (κ2) is 13.1. The molecule has 0 aliphatic carbocycles. The predicted molar refractivity (Wildman–Crippen MR) is 220 cm³/mol. The Balaban J connectivity index is 1.12. The van der Waals surface area contributed by atoms with Crippen molar-refractivity contribution >= 4 is 62.0 Å². The predicted octanol–water partition coefficient (Wildman–Crippen LogP) is 9.57. The minimum atomic E-state index is -2.61. The maximum Gasteiger partial charge on any atom is 0.179 e. The summed E-state index contributed by atoms with van der Waals surface area (Å²) >= 11 is 0. The summed E-state index contributed by atoms with van der Waals surface area (Å²) in [6.45, 7) is 0. The molecule has 9 rings (SSSR count). The first kappa shape index (κ1) is 30.6. The van der Waals surface area contributed by atoms with Crippen molar-refractivity contribution in [2.75, 3.05) is 5.32 Å². The standard InChI is InChI=1S/C48H36N2Si/c1-5-18-39(19-6-1)50-46-29-14-13-27-44(46)48-45(28-16-30-47(48)50)49-38-33-31-36(32-34-38)37-17-15-26-43(35-37)51(40-20-7-2-8-21-40,41-22-9-3-10-23-41)42-24-11-4-12-25-42/h1-35,49H. The fourth-order valence-electron chi connectivity index (χ4n) is 7.88. The number of nitrogens with one attached hydrogen (secondary N) is 1. The number of aromatic nitrogens is 1. The number of hydrogen-bond donors (Lipinski definition) is 1. The number of para-hydroxylation sites is 2. The van der Waals surface area contributed by atoms with E-state index in [2.05, 4.69) is 222 Å². The van der Waals surface area contributed by atoms with E-state index in [1.165, 1.54) is 53.7 Å². The highest BCUT2D eigenvalue weighted by Crippen LogP contribution is 2.37. The molecule has 0 saturated heterocycles. The third-order valence-corrected chi connectivity index (χ3v) is 14.9. The Morgan fingerprint density at radius 3 is 1.51 bits per heavy atom. The lowest BCUT2D eigenvalue weighted by atomic mass is 10.1. The number of hydrogen-bond acceptors (Lipinski definition) is 1. The largest absolute Gasteiger partial charge is 0.355 e. The normalized spacial score (nSPS) is 11.5. The van der Waals surface area contributed by atoms with Crippen molar-refractivity contribution in [1.82, 2.24) is 4.57 Å². The average molecular weight is 669 g/mol. The van der Waals surface area contributed by atoms with Crippen molar-refractivity contribution in [3.63, 3.8) is 0 Å². The SMILES string of the molecule is c1ccc(-n2c3ccccc3c3c(Nc4ccc(-c5cccc([Si](c6ccccc6)(c6ccccc6)c6ccccc6)c5)cc4)cccc32)cc1. The third kappa shape index (κ3) is 5.36. The number of rotatable bonds is 8. The maximum absolute atomic E-state index is 3.78. The fraction of sp³-hybridized carbons (Fsp3) is 0. The van der Waals surface area contributed by atoms with Crippen LogP contribution in [0.5, 0.6) is 0 Å². The van der Waals surface area contributed by atoms with Crippen molar-refractivity contribution < 1.29 is 0 Å². The van der Waals surface area contributed by atoms with Crippen LogP contribution in [-0.2, 0) is 0 Å². The van der Waals surface area contributed by atoms with Gasteiger partial charge in [-0.1, -0.05) is 170 Å². The van der Waals surface area contributed by atoms with Gasteiger partial charge in [-0.15, -0.1) is 0 Å². The minimum Gasteiger partial charge on any atom is -0.355 e. The zero-order valence-corrected chi connectivity index (χ0v) is 29.2. The molecule has 51 heavy (non-hydrogen) atoms. The van der Waals surface area contributed by atoms with E-state index in [1.807, 2.05) is 0 Å². The van der Waals surface area contributed by atoms with Gasteiger partial charge in [-0.05, 0) is 74.3 Å². The van der Waals surface area contributed by atoms with Gasteiger partial charge in [0.2, 0.25) is 0 Å². The monoisotopic (exact) mass is 668 g/mol. The van der Waals surface area contributed by atoms with Crippen LogP contribution in [0.4, 0.5) is 11.4 Å². The van der Waals surface area contributed by atoms with Crippen LogP contribution in [0.3, 0.4) is 0 Å². The van der Waals surface area contributed by atoms with Gasteiger partial charge in [0.1, 0.15) is 0 Å². The summed E-state index contributed by atoms with van der Waals surface area (Å²) in [5, 5.41) is 11.7. The molecule has 2 nitrogen and oxygen atoms in total. The van der Waals surface area contributed by atoms with E-state index in [1.54, 1.807) is 0 Å². The highest BCUT2D eigenvalue weighted by molar-refractivity contribution is 7.19. The molecule has 1 heterocycles. The van der Waals surface area contributed by atoms with Crippen LogP contribution in [0, 0.1) is 0 Å². The first-order valence-electron chi connectivity index (χ1n) is 17.5. The fourth-order valence-corrected chi connectivity index (χ4v) is 12.7. The molecular weight excluding hydrogens is 633 g/mol. The summed E-state index contributed by atoms with van der Waals surface area (Å²) in [5.41, 5.74) is 8.10. The number of benzene rings is 8. The summed E-state index contributed by atoms with van der Waals surface area (Å²) in [6.07, 6.45) is 0. The Morgan fingerprint density at radius 2 is 0.882 bits per heavy atom. The molecule has 9 aromatic rings. The van der Waals surface area contributed by atoms with Gasteiger partial charge in [0.25, 0.3) is 0 Å². The Morgan fingerprint density at radius 1 is 0.373 bits per heavy atom. The van der Waals surface area contributed by atoms with E-state index in [-0.39, 0.29) is 0 Å². The van der Waals surface area contributed by atoms with Crippen LogP contribution < -0.4 is 26.1 Å². The lowest BCUT2D eigenvalue weighted by molar-refractivity contribution is 1.18. The van der Waals surface area contributed by atoms with Gasteiger partial charge in [0.15, 0.2) is 8.07 Å². The minimum absolute atomic E-state index is 1.06. The van der Waals surface area contributed by atoms with Crippen molar-refractivity contribution in [3.8, 4) is 16.8 Å². The Bertz CT molecular complexity index is 2480. The highest BCUT2D eigenvalue weighted by Gasteiger charge is 2.41. The van der Waals surface area contributed by atoms with E-state index in [0.717, 1.165) is 17.1 Å². The summed E-state index contributed by atoms with van der Waals surface area (Å²) in [6, 6.07) is 77.3. The van der Waals surface area contributed by atoms with Crippen LogP contribution in [0.15, 0.2) is 212 Å². The molecule has 242 valence electrons. The number of anilines is 2. The molecule has 0 atom stereocenters. The molecule has 1 aromatic heterocycles. The van der Waals surface area contributed by atoms with E-state index in [4.69, 9.17) is 0 Å². The van der Waals surface area contributed by atoms with Crippen molar-refractivity contribution in [2.24, 2.45) is 0 Å². The number of nitrogens with zero attached hydrogens (tertiary/aromatic N) is 1. The molecular formula is C48H36N2Si. The summed E-state index contributed by atoms with van der Waals surface area (Å²) in [5.74, 6) is 0. The molecule has 0 unspecified atom stereocenters. The lowest BCUT2D eigenvalue weighted by Gasteiger charge is -2.34. The number of fused-ring (bicyclic) bond motifs is 3. The molecule has 0 saturated carbocycles. The van der Waals surface area contributed by atoms with Crippen molar-refractivity contribution in [3.05, 3.63) is 212 Å².